The number of pyridine rings is 1. The average Bonchev–Trinajstić information content (AvgIpc) is 3.11. The van der Waals surface area contributed by atoms with Gasteiger partial charge >= 0.3 is 0 Å². The number of rotatable bonds is 11. The van der Waals surface area contributed by atoms with Gasteiger partial charge in [-0.2, -0.15) is 0 Å². The lowest BCUT2D eigenvalue weighted by molar-refractivity contribution is 0.240. The molecule has 166 valence electrons. The third-order valence-electron chi connectivity index (χ3n) is 5.90. The van der Waals surface area contributed by atoms with E-state index >= 15 is 0 Å². The molecule has 5 nitrogen and oxygen atoms in total. The van der Waals surface area contributed by atoms with Crippen LogP contribution < -0.4 is 5.73 Å². The van der Waals surface area contributed by atoms with Gasteiger partial charge in [0.1, 0.15) is 5.82 Å². The van der Waals surface area contributed by atoms with Gasteiger partial charge in [0.05, 0.1) is 23.3 Å². The molecular weight excluding hydrogens is 382 g/mol. The highest BCUT2D eigenvalue weighted by Crippen LogP contribution is 2.20. The fourth-order valence-electron chi connectivity index (χ4n) is 3.86. The third-order valence-corrected chi connectivity index (χ3v) is 5.90. The van der Waals surface area contributed by atoms with Crippen LogP contribution in [0.2, 0.25) is 0 Å². The highest BCUT2D eigenvalue weighted by Gasteiger charge is 2.16. The fraction of sp³-hybridized carbons (Fsp3) is 0.462. The zero-order chi connectivity index (χ0) is 22.2. The van der Waals surface area contributed by atoms with E-state index in [1.807, 2.05) is 6.20 Å². The topological polar surface area (TPSA) is 60.0 Å². The molecule has 1 aromatic carbocycles. The van der Waals surface area contributed by atoms with Crippen LogP contribution in [0.1, 0.15) is 55.8 Å². The predicted molar refractivity (Wildman–Crippen MR) is 130 cm³/mol. The minimum absolute atomic E-state index is 0.731. The lowest BCUT2D eigenvalue weighted by atomic mass is 10.1. The van der Waals surface area contributed by atoms with Gasteiger partial charge in [0.15, 0.2) is 0 Å². The number of hydrogen-bond donors (Lipinski definition) is 1. The van der Waals surface area contributed by atoms with Gasteiger partial charge < -0.3 is 10.3 Å². The van der Waals surface area contributed by atoms with Crippen molar-refractivity contribution in [1.29, 1.82) is 0 Å². The monoisotopic (exact) mass is 419 g/mol. The number of aromatic nitrogens is 3. The summed E-state index contributed by atoms with van der Waals surface area (Å²) in [4.78, 5) is 12.2. The Balaban J connectivity index is 1.90. The van der Waals surface area contributed by atoms with Gasteiger partial charge in [-0.15, -0.1) is 0 Å². The summed E-state index contributed by atoms with van der Waals surface area (Å²) in [5.41, 5.74) is 13.0. The smallest absolute Gasteiger partial charge is 0.124 e. The number of imidazole rings is 1. The van der Waals surface area contributed by atoms with Crippen LogP contribution in [0.5, 0.6) is 0 Å². The minimum atomic E-state index is 0.731. The summed E-state index contributed by atoms with van der Waals surface area (Å²) in [6, 6.07) is 10.7. The molecule has 31 heavy (non-hydrogen) atoms. The molecule has 2 heterocycles. The largest absolute Gasteiger partial charge is 0.330 e. The first kappa shape index (κ1) is 23.2. The van der Waals surface area contributed by atoms with Crippen LogP contribution in [-0.2, 0) is 19.6 Å². The average molecular weight is 420 g/mol. The molecule has 0 amide bonds. The Morgan fingerprint density at radius 1 is 1.16 bits per heavy atom. The number of hydrogen-bond acceptors (Lipinski definition) is 4. The first-order valence-corrected chi connectivity index (χ1v) is 11.5. The summed E-state index contributed by atoms with van der Waals surface area (Å²) in [6.07, 6.45) is 7.48. The Bertz CT molecular complexity index is 1020. The van der Waals surface area contributed by atoms with Crippen molar-refractivity contribution in [2.24, 2.45) is 5.73 Å². The molecule has 2 aromatic heterocycles. The zero-order valence-electron chi connectivity index (χ0n) is 19.6. The fourth-order valence-corrected chi connectivity index (χ4v) is 3.86. The molecule has 0 spiro atoms. The molecule has 3 aromatic rings. The summed E-state index contributed by atoms with van der Waals surface area (Å²) in [5.74, 6) is 1.11. The number of fused-ring (bicyclic) bond motifs is 1. The molecular formula is C26H37N5. The maximum atomic E-state index is 5.76. The van der Waals surface area contributed by atoms with E-state index in [0.29, 0.717) is 0 Å². The predicted octanol–water partition coefficient (Wildman–Crippen LogP) is 5.15. The van der Waals surface area contributed by atoms with Crippen LogP contribution in [0.3, 0.4) is 0 Å². The van der Waals surface area contributed by atoms with Gasteiger partial charge in [-0.1, -0.05) is 36.8 Å². The molecule has 2 N–H and O–H groups in total. The van der Waals surface area contributed by atoms with Gasteiger partial charge in [0.2, 0.25) is 0 Å². The van der Waals surface area contributed by atoms with Crippen LogP contribution in [0, 0.1) is 13.8 Å². The molecule has 0 saturated heterocycles. The maximum Gasteiger partial charge on any atom is 0.124 e. The van der Waals surface area contributed by atoms with Gasteiger partial charge in [0, 0.05) is 19.3 Å². The summed E-state index contributed by atoms with van der Waals surface area (Å²) < 4.78 is 2.36. The first-order valence-electron chi connectivity index (χ1n) is 11.5. The van der Waals surface area contributed by atoms with E-state index in [9.17, 15) is 0 Å². The van der Waals surface area contributed by atoms with Crippen molar-refractivity contribution in [2.45, 2.75) is 66.6 Å². The summed E-state index contributed by atoms with van der Waals surface area (Å²) in [7, 11) is 0. The van der Waals surface area contributed by atoms with E-state index in [4.69, 9.17) is 15.7 Å². The van der Waals surface area contributed by atoms with Crippen molar-refractivity contribution in [3.63, 3.8) is 0 Å². The lowest BCUT2D eigenvalue weighted by Crippen LogP contribution is -2.27. The molecule has 5 heteroatoms. The maximum absolute atomic E-state index is 5.76. The Labute approximate surface area is 187 Å². The quantitative estimate of drug-likeness (QED) is 0.345. The van der Waals surface area contributed by atoms with Crippen LogP contribution >= 0.6 is 0 Å². The van der Waals surface area contributed by atoms with Crippen molar-refractivity contribution >= 4 is 11.0 Å². The van der Waals surface area contributed by atoms with Gasteiger partial charge in [-0.05, 0) is 76.4 Å². The zero-order valence-corrected chi connectivity index (χ0v) is 19.6. The summed E-state index contributed by atoms with van der Waals surface area (Å²) >= 11 is 0. The standard InChI is InChI=1S/C26H37N5/c1-5-20(2)12-15-31-25-11-7-6-10-23(25)29-26(31)19-30(14-9-8-13-27)18-24-22(4)16-21(3)17-28-24/h6-7,10-12,16-17H,5,8-9,13-15,18-19,27H2,1-4H3/b20-12-. The Morgan fingerprint density at radius 2 is 1.97 bits per heavy atom. The van der Waals surface area contributed by atoms with E-state index in [-0.39, 0.29) is 0 Å². The summed E-state index contributed by atoms with van der Waals surface area (Å²) in [6.45, 7) is 12.8. The van der Waals surface area contributed by atoms with E-state index < -0.39 is 0 Å². The number of aryl methyl sites for hydroxylation is 2. The highest BCUT2D eigenvalue weighted by atomic mass is 15.2. The minimum Gasteiger partial charge on any atom is -0.330 e. The van der Waals surface area contributed by atoms with Crippen molar-refractivity contribution in [3.05, 3.63) is 70.8 Å². The van der Waals surface area contributed by atoms with E-state index in [1.54, 1.807) is 0 Å². The van der Waals surface area contributed by atoms with Crippen molar-refractivity contribution in [1.82, 2.24) is 19.4 Å². The SMILES string of the molecule is CC/C(C)=C\Cn1c(CN(CCCCN)Cc2ncc(C)cc2C)nc2ccccc21. The Kier molecular flexibility index (Phi) is 8.38. The second kappa shape index (κ2) is 11.2. The second-order valence-electron chi connectivity index (χ2n) is 8.51. The van der Waals surface area contributed by atoms with Gasteiger partial charge in [-0.25, -0.2) is 4.98 Å². The molecule has 3 rings (SSSR count). The van der Waals surface area contributed by atoms with Gasteiger partial charge in [0.25, 0.3) is 0 Å². The third kappa shape index (κ3) is 6.25. The molecule has 0 aliphatic heterocycles. The molecule has 0 unspecified atom stereocenters. The van der Waals surface area contributed by atoms with Crippen LogP contribution in [-0.4, -0.2) is 32.5 Å². The number of unbranched alkanes of at least 4 members (excludes halogenated alkanes) is 1. The molecule has 0 bridgehead atoms. The molecule has 0 atom stereocenters. The molecule has 0 aliphatic rings. The highest BCUT2D eigenvalue weighted by molar-refractivity contribution is 5.76. The number of allylic oxidation sites excluding steroid dienone is 2. The van der Waals surface area contributed by atoms with Crippen LogP contribution in [0.4, 0.5) is 0 Å². The second-order valence-corrected chi connectivity index (χ2v) is 8.51. The molecule has 0 radical (unpaired) electrons. The number of nitrogens with zero attached hydrogens (tertiary/aromatic N) is 4. The molecule has 0 fully saturated rings. The Morgan fingerprint density at radius 3 is 2.71 bits per heavy atom. The van der Waals surface area contributed by atoms with E-state index in [0.717, 1.165) is 69.0 Å². The molecule has 0 aliphatic carbocycles. The van der Waals surface area contributed by atoms with Crippen molar-refractivity contribution < 1.29 is 0 Å². The van der Waals surface area contributed by atoms with Crippen LogP contribution in [0.15, 0.2) is 48.2 Å². The van der Waals surface area contributed by atoms with E-state index in [1.165, 1.54) is 22.2 Å². The number of para-hydroxylation sites is 2. The first-order chi connectivity index (χ1) is 15.0. The van der Waals surface area contributed by atoms with Crippen molar-refractivity contribution in [3.8, 4) is 0 Å². The number of benzene rings is 1. The lowest BCUT2D eigenvalue weighted by Gasteiger charge is -2.23. The number of nitrogens with two attached hydrogens (primary N) is 1. The van der Waals surface area contributed by atoms with Crippen molar-refractivity contribution in [2.75, 3.05) is 13.1 Å². The Hall–Kier alpha value is -2.50. The normalized spacial score (nSPS) is 12.3. The molecule has 0 saturated carbocycles. The van der Waals surface area contributed by atoms with Gasteiger partial charge in [-0.3, -0.25) is 9.88 Å². The van der Waals surface area contributed by atoms with E-state index in [2.05, 4.69) is 73.6 Å². The van der Waals surface area contributed by atoms with Crippen LogP contribution in [0.25, 0.3) is 11.0 Å². The summed E-state index contributed by atoms with van der Waals surface area (Å²) in [5, 5.41) is 0.